The molecule has 5 heteroatoms. The SMILES string of the molecule is COCCCS(=O)(=O)CC(=O)c1ccccc1C. The first-order valence-electron chi connectivity index (χ1n) is 5.74. The third kappa shape index (κ3) is 4.58. The third-order valence-electron chi connectivity index (χ3n) is 2.60. The summed E-state index contributed by atoms with van der Waals surface area (Å²) < 4.78 is 28.2. The van der Waals surface area contributed by atoms with Crippen LogP contribution in [0.2, 0.25) is 0 Å². The van der Waals surface area contributed by atoms with Crippen molar-refractivity contribution in [1.82, 2.24) is 0 Å². The Morgan fingerprint density at radius 1 is 1.28 bits per heavy atom. The quantitative estimate of drug-likeness (QED) is 0.558. The second-order valence-corrected chi connectivity index (χ2v) is 6.36. The standard InChI is InChI=1S/C13H18O4S/c1-11-6-3-4-7-12(11)13(14)10-18(15,16)9-5-8-17-2/h3-4,6-7H,5,8-10H2,1-2H3. The highest BCUT2D eigenvalue weighted by molar-refractivity contribution is 7.92. The predicted molar refractivity (Wildman–Crippen MR) is 70.7 cm³/mol. The molecule has 1 aromatic rings. The number of methoxy groups -OCH3 is 1. The molecule has 0 aromatic heterocycles. The molecule has 0 heterocycles. The molecule has 0 atom stereocenters. The Bertz CT molecular complexity index is 505. The molecule has 0 saturated heterocycles. The maximum absolute atomic E-state index is 11.9. The minimum absolute atomic E-state index is 0.0154. The lowest BCUT2D eigenvalue weighted by atomic mass is 10.1. The van der Waals surface area contributed by atoms with E-state index in [-0.39, 0.29) is 11.5 Å². The van der Waals surface area contributed by atoms with E-state index >= 15 is 0 Å². The molecule has 0 N–H and O–H groups in total. The number of sulfone groups is 1. The molecular formula is C13H18O4S. The van der Waals surface area contributed by atoms with E-state index in [1.807, 2.05) is 6.07 Å². The summed E-state index contributed by atoms with van der Waals surface area (Å²) in [4.78, 5) is 11.9. The molecule has 0 saturated carbocycles. The van der Waals surface area contributed by atoms with Crippen LogP contribution in [0.4, 0.5) is 0 Å². The zero-order valence-corrected chi connectivity index (χ0v) is 11.5. The van der Waals surface area contributed by atoms with E-state index in [9.17, 15) is 13.2 Å². The van der Waals surface area contributed by atoms with Crippen molar-refractivity contribution in [2.24, 2.45) is 0 Å². The average molecular weight is 270 g/mol. The van der Waals surface area contributed by atoms with Crippen molar-refractivity contribution < 1.29 is 17.9 Å². The minimum Gasteiger partial charge on any atom is -0.385 e. The molecule has 18 heavy (non-hydrogen) atoms. The zero-order valence-electron chi connectivity index (χ0n) is 10.7. The molecule has 0 aliphatic rings. The lowest BCUT2D eigenvalue weighted by Crippen LogP contribution is -2.20. The van der Waals surface area contributed by atoms with Gasteiger partial charge in [-0.2, -0.15) is 0 Å². The summed E-state index contributed by atoms with van der Waals surface area (Å²) in [6.07, 6.45) is 0.417. The van der Waals surface area contributed by atoms with E-state index < -0.39 is 15.6 Å². The monoisotopic (exact) mass is 270 g/mol. The fourth-order valence-electron chi connectivity index (χ4n) is 1.66. The Morgan fingerprint density at radius 3 is 2.56 bits per heavy atom. The number of benzene rings is 1. The predicted octanol–water partition coefficient (Wildman–Crippen LogP) is 1.63. The summed E-state index contributed by atoms with van der Waals surface area (Å²) in [5.41, 5.74) is 1.28. The second-order valence-electron chi connectivity index (χ2n) is 4.18. The van der Waals surface area contributed by atoms with E-state index in [1.165, 1.54) is 7.11 Å². The van der Waals surface area contributed by atoms with Crippen molar-refractivity contribution in [3.8, 4) is 0 Å². The van der Waals surface area contributed by atoms with Crippen molar-refractivity contribution in [3.63, 3.8) is 0 Å². The highest BCUT2D eigenvalue weighted by Gasteiger charge is 2.18. The number of carbonyl (C=O) groups excluding carboxylic acids is 1. The number of Topliss-reactive ketones (excluding diaryl/α,β-unsaturated/α-hetero) is 1. The molecule has 0 fully saturated rings. The Kier molecular flexibility index (Phi) is 5.50. The van der Waals surface area contributed by atoms with Gasteiger partial charge in [-0.3, -0.25) is 4.79 Å². The van der Waals surface area contributed by atoms with Gasteiger partial charge in [0.25, 0.3) is 0 Å². The number of carbonyl (C=O) groups is 1. The summed E-state index contributed by atoms with van der Waals surface area (Å²) in [5, 5.41) is 0. The second kappa shape index (κ2) is 6.66. The van der Waals surface area contributed by atoms with Crippen LogP contribution in [0.1, 0.15) is 22.3 Å². The molecule has 0 amide bonds. The first-order chi connectivity index (χ1) is 8.46. The molecule has 0 aliphatic heterocycles. The van der Waals surface area contributed by atoms with Crippen LogP contribution in [-0.4, -0.2) is 39.4 Å². The lowest BCUT2D eigenvalue weighted by molar-refractivity contribution is 0.102. The van der Waals surface area contributed by atoms with Gasteiger partial charge in [-0.05, 0) is 18.9 Å². The van der Waals surface area contributed by atoms with Crippen LogP contribution in [0.25, 0.3) is 0 Å². The highest BCUT2D eigenvalue weighted by Crippen LogP contribution is 2.09. The maximum Gasteiger partial charge on any atom is 0.178 e. The van der Waals surface area contributed by atoms with Crippen molar-refractivity contribution in [3.05, 3.63) is 35.4 Å². The number of hydrogen-bond acceptors (Lipinski definition) is 4. The van der Waals surface area contributed by atoms with Gasteiger partial charge in [0.15, 0.2) is 15.6 Å². The Labute approximate surface area is 108 Å². The highest BCUT2D eigenvalue weighted by atomic mass is 32.2. The Hall–Kier alpha value is -1.20. The summed E-state index contributed by atoms with van der Waals surface area (Å²) in [7, 11) is -1.83. The van der Waals surface area contributed by atoms with Crippen molar-refractivity contribution in [2.45, 2.75) is 13.3 Å². The molecular weight excluding hydrogens is 252 g/mol. The van der Waals surface area contributed by atoms with Crippen LogP contribution in [0.3, 0.4) is 0 Å². The van der Waals surface area contributed by atoms with Crippen LogP contribution in [-0.2, 0) is 14.6 Å². The number of ether oxygens (including phenoxy) is 1. The van der Waals surface area contributed by atoms with Gasteiger partial charge in [-0.25, -0.2) is 8.42 Å². The molecule has 1 aromatic carbocycles. The largest absolute Gasteiger partial charge is 0.385 e. The Morgan fingerprint density at radius 2 is 1.94 bits per heavy atom. The molecule has 0 aliphatic carbocycles. The van der Waals surface area contributed by atoms with Gasteiger partial charge in [-0.1, -0.05) is 24.3 Å². The van der Waals surface area contributed by atoms with Crippen LogP contribution in [0.5, 0.6) is 0 Å². The number of rotatable bonds is 7. The topological polar surface area (TPSA) is 60.4 Å². The maximum atomic E-state index is 11.9. The van der Waals surface area contributed by atoms with Crippen LogP contribution in [0.15, 0.2) is 24.3 Å². The van der Waals surface area contributed by atoms with E-state index in [0.29, 0.717) is 18.6 Å². The molecule has 0 unspecified atom stereocenters. The fourth-order valence-corrected chi connectivity index (χ4v) is 2.92. The smallest absolute Gasteiger partial charge is 0.178 e. The van der Waals surface area contributed by atoms with Crippen molar-refractivity contribution >= 4 is 15.6 Å². The molecule has 0 spiro atoms. The average Bonchev–Trinajstić information content (AvgIpc) is 2.29. The molecule has 0 bridgehead atoms. The van der Waals surface area contributed by atoms with Gasteiger partial charge in [-0.15, -0.1) is 0 Å². The first kappa shape index (κ1) is 14.9. The van der Waals surface area contributed by atoms with E-state index in [1.54, 1.807) is 25.1 Å². The molecule has 4 nitrogen and oxygen atoms in total. The van der Waals surface area contributed by atoms with Gasteiger partial charge in [0.1, 0.15) is 5.75 Å². The third-order valence-corrected chi connectivity index (χ3v) is 4.21. The number of aryl methyl sites for hydroxylation is 1. The van der Waals surface area contributed by atoms with Gasteiger partial charge in [0, 0.05) is 19.3 Å². The summed E-state index contributed by atoms with van der Waals surface area (Å²) in [6.45, 7) is 2.18. The van der Waals surface area contributed by atoms with Crippen LogP contribution in [0, 0.1) is 6.92 Å². The fraction of sp³-hybridized carbons (Fsp3) is 0.462. The van der Waals surface area contributed by atoms with E-state index in [4.69, 9.17) is 4.74 Å². The van der Waals surface area contributed by atoms with Gasteiger partial charge in [0.2, 0.25) is 0 Å². The lowest BCUT2D eigenvalue weighted by Gasteiger charge is -2.06. The first-order valence-corrected chi connectivity index (χ1v) is 7.56. The summed E-state index contributed by atoms with van der Waals surface area (Å²) >= 11 is 0. The zero-order chi connectivity index (χ0) is 13.6. The van der Waals surface area contributed by atoms with Gasteiger partial charge >= 0.3 is 0 Å². The van der Waals surface area contributed by atoms with E-state index in [0.717, 1.165) is 5.56 Å². The van der Waals surface area contributed by atoms with Crippen LogP contribution >= 0.6 is 0 Å². The van der Waals surface area contributed by atoms with Crippen LogP contribution < -0.4 is 0 Å². The molecule has 1 rings (SSSR count). The van der Waals surface area contributed by atoms with Crippen molar-refractivity contribution in [2.75, 3.05) is 25.2 Å². The van der Waals surface area contributed by atoms with Gasteiger partial charge < -0.3 is 4.74 Å². The number of ketones is 1. The van der Waals surface area contributed by atoms with Gasteiger partial charge in [0.05, 0.1) is 5.75 Å². The van der Waals surface area contributed by atoms with Crippen molar-refractivity contribution in [1.29, 1.82) is 0 Å². The normalized spacial score (nSPS) is 11.4. The summed E-state index contributed by atoms with van der Waals surface area (Å²) in [6, 6.07) is 7.00. The minimum atomic E-state index is -3.35. The Balaban J connectivity index is 2.68. The number of hydrogen-bond donors (Lipinski definition) is 0. The molecule has 100 valence electrons. The van der Waals surface area contributed by atoms with E-state index in [2.05, 4.69) is 0 Å². The molecule has 0 radical (unpaired) electrons. The summed E-state index contributed by atoms with van der Waals surface area (Å²) in [5.74, 6) is -0.787.